The second-order valence-corrected chi connectivity index (χ2v) is 14.3. The summed E-state index contributed by atoms with van der Waals surface area (Å²) in [5.41, 5.74) is -0.148. The van der Waals surface area contributed by atoms with E-state index in [4.69, 9.17) is 18.9 Å². The Morgan fingerprint density at radius 3 is 1.29 bits per heavy atom. The standard InChI is InChI=1S/C36H31F23O6/c1-2-25(18-62-19-25)17-61-15-5-3-4-6-16-63-21-9-7-20(8-10-21)24(60)64-22-11-13-23(14-12-22)65-36(58,59)34(53,54)32(49,50)30(45,46)28(41,42)26(37,38)27(39,40)29(43,44)31(47,48)33(51,52)35(55,56)57/h7-14H,2-6,15-19H2,1H3. The summed E-state index contributed by atoms with van der Waals surface area (Å²) in [6.07, 6.45) is -11.5. The number of hydrogen-bond donors (Lipinski definition) is 0. The zero-order chi connectivity index (χ0) is 50.2. The van der Waals surface area contributed by atoms with Crippen molar-refractivity contribution in [1.82, 2.24) is 0 Å². The van der Waals surface area contributed by atoms with Gasteiger partial charge in [0.05, 0.1) is 32.0 Å². The molecule has 1 aliphatic heterocycles. The van der Waals surface area contributed by atoms with Gasteiger partial charge in [-0.15, -0.1) is 0 Å². The summed E-state index contributed by atoms with van der Waals surface area (Å²) in [6.45, 7) is 4.84. The number of halogens is 23. The van der Waals surface area contributed by atoms with Crippen molar-refractivity contribution in [3.8, 4) is 17.2 Å². The molecule has 1 aliphatic rings. The molecule has 0 unspecified atom stereocenters. The van der Waals surface area contributed by atoms with Crippen molar-refractivity contribution in [2.75, 3.05) is 33.0 Å². The third kappa shape index (κ3) is 9.80. The van der Waals surface area contributed by atoms with Crippen LogP contribution >= 0.6 is 0 Å². The van der Waals surface area contributed by atoms with Crippen molar-refractivity contribution < 1.29 is 129 Å². The minimum Gasteiger partial charge on any atom is -0.494 e. The van der Waals surface area contributed by atoms with Crippen LogP contribution in [0.5, 0.6) is 17.2 Å². The smallest absolute Gasteiger partial charge is 0.471 e. The first-order valence-corrected chi connectivity index (χ1v) is 18.0. The van der Waals surface area contributed by atoms with Crippen LogP contribution in [0.3, 0.4) is 0 Å². The number of ether oxygens (including phenoxy) is 5. The van der Waals surface area contributed by atoms with E-state index in [0.717, 1.165) is 37.8 Å². The Morgan fingerprint density at radius 1 is 0.508 bits per heavy atom. The van der Waals surface area contributed by atoms with Crippen LogP contribution < -0.4 is 14.2 Å². The van der Waals surface area contributed by atoms with Gasteiger partial charge in [0.2, 0.25) is 0 Å². The number of esters is 1. The lowest BCUT2D eigenvalue weighted by Gasteiger charge is -2.45. The summed E-state index contributed by atoms with van der Waals surface area (Å²) < 4.78 is 339. The van der Waals surface area contributed by atoms with Crippen molar-refractivity contribution in [1.29, 1.82) is 0 Å². The first-order valence-electron chi connectivity index (χ1n) is 18.0. The van der Waals surface area contributed by atoms with Crippen LogP contribution in [0.2, 0.25) is 0 Å². The Labute approximate surface area is 350 Å². The summed E-state index contributed by atoms with van der Waals surface area (Å²) in [5, 5.41) is 0. The lowest BCUT2D eigenvalue weighted by molar-refractivity contribution is -0.483. The molecule has 0 spiro atoms. The average Bonchev–Trinajstić information content (AvgIpc) is 3.17. The molecule has 2 aromatic carbocycles. The van der Waals surface area contributed by atoms with Crippen LogP contribution in [0.4, 0.5) is 101 Å². The SMILES string of the molecule is CCC1(COCCCCCCOc2ccc(C(=O)Oc3ccc(OC(F)(F)C(F)(F)C(F)(F)C(F)(F)C(F)(F)C(F)(F)C(F)(F)C(F)(F)C(F)(F)C(F)(F)C(F)(F)F)cc3)cc2)COC1. The molecule has 0 amide bonds. The fourth-order valence-electron chi connectivity index (χ4n) is 5.30. The van der Waals surface area contributed by atoms with Gasteiger partial charge in [-0.25, -0.2) is 4.79 Å². The molecule has 372 valence electrons. The Kier molecular flexibility index (Phi) is 15.7. The summed E-state index contributed by atoms with van der Waals surface area (Å²) in [7, 11) is 0. The predicted molar refractivity (Wildman–Crippen MR) is 172 cm³/mol. The van der Waals surface area contributed by atoms with Crippen molar-refractivity contribution >= 4 is 5.97 Å². The third-order valence-corrected chi connectivity index (χ3v) is 9.67. The zero-order valence-corrected chi connectivity index (χ0v) is 32.3. The molecular weight excluding hydrogens is 965 g/mol. The van der Waals surface area contributed by atoms with E-state index in [-0.39, 0.29) is 35.5 Å². The molecule has 0 bridgehead atoms. The Bertz CT molecular complexity index is 1890. The maximum Gasteiger partial charge on any atom is 0.471 e. The number of unbranched alkanes of at least 4 members (excludes halogenated alkanes) is 3. The normalized spacial score (nSPS) is 16.2. The second kappa shape index (κ2) is 18.5. The number of rotatable bonds is 24. The molecule has 3 rings (SSSR count). The van der Waals surface area contributed by atoms with E-state index in [9.17, 15) is 106 Å². The highest BCUT2D eigenvalue weighted by molar-refractivity contribution is 5.91. The van der Waals surface area contributed by atoms with E-state index < -0.39 is 83.1 Å². The van der Waals surface area contributed by atoms with E-state index in [1.165, 1.54) is 12.1 Å². The molecule has 1 saturated heterocycles. The fraction of sp³-hybridized carbons (Fsp3) is 0.639. The number of benzene rings is 2. The molecule has 2 aromatic rings. The maximum absolute atomic E-state index is 14.3. The van der Waals surface area contributed by atoms with Gasteiger partial charge in [0, 0.05) is 12.0 Å². The average molecular weight is 997 g/mol. The first kappa shape index (κ1) is 55.1. The molecular formula is C36H31F23O6. The van der Waals surface area contributed by atoms with Gasteiger partial charge >= 0.3 is 71.6 Å². The van der Waals surface area contributed by atoms with Crippen LogP contribution in [0.15, 0.2) is 48.5 Å². The van der Waals surface area contributed by atoms with Crippen molar-refractivity contribution in [3.05, 3.63) is 54.1 Å². The molecule has 0 atom stereocenters. The van der Waals surface area contributed by atoms with E-state index >= 15 is 0 Å². The Balaban J connectivity index is 1.65. The lowest BCUT2D eigenvalue weighted by Crippen LogP contribution is -2.77. The summed E-state index contributed by atoms with van der Waals surface area (Å²) in [4.78, 5) is 12.5. The van der Waals surface area contributed by atoms with Crippen molar-refractivity contribution in [2.24, 2.45) is 5.41 Å². The maximum atomic E-state index is 14.3. The Hall–Kier alpha value is -4.18. The molecule has 0 aromatic heterocycles. The van der Waals surface area contributed by atoms with Gasteiger partial charge in [0.15, 0.2) is 0 Å². The van der Waals surface area contributed by atoms with Crippen LogP contribution in [0, 0.1) is 5.41 Å². The molecule has 0 radical (unpaired) electrons. The molecule has 29 heteroatoms. The minimum atomic E-state index is -9.50. The monoisotopic (exact) mass is 996 g/mol. The van der Waals surface area contributed by atoms with E-state index in [0.29, 0.717) is 45.0 Å². The molecule has 0 saturated carbocycles. The highest BCUT2D eigenvalue weighted by Crippen LogP contribution is 2.67. The summed E-state index contributed by atoms with van der Waals surface area (Å²) in [6, 6.07) is 5.64. The van der Waals surface area contributed by atoms with Gasteiger partial charge in [-0.3, -0.25) is 0 Å². The molecule has 1 fully saturated rings. The van der Waals surface area contributed by atoms with Crippen molar-refractivity contribution in [2.45, 2.75) is 105 Å². The lowest BCUT2D eigenvalue weighted by atomic mass is 9.84. The minimum absolute atomic E-state index is 0.00139. The van der Waals surface area contributed by atoms with Gasteiger partial charge in [-0.1, -0.05) is 13.3 Å². The van der Waals surface area contributed by atoms with Crippen LogP contribution in [-0.4, -0.2) is 105 Å². The molecule has 1 heterocycles. The van der Waals surface area contributed by atoms with E-state index in [1.807, 2.05) is 0 Å². The van der Waals surface area contributed by atoms with Crippen LogP contribution in [0.25, 0.3) is 0 Å². The number of hydrogen-bond acceptors (Lipinski definition) is 6. The number of carbonyl (C=O) groups is 1. The fourth-order valence-corrected chi connectivity index (χ4v) is 5.30. The highest BCUT2D eigenvalue weighted by Gasteiger charge is 2.99. The third-order valence-electron chi connectivity index (χ3n) is 9.67. The zero-order valence-electron chi connectivity index (χ0n) is 32.3. The van der Waals surface area contributed by atoms with Crippen molar-refractivity contribution in [3.63, 3.8) is 0 Å². The highest BCUT2D eigenvalue weighted by atomic mass is 19.4. The molecule has 65 heavy (non-hydrogen) atoms. The molecule has 0 N–H and O–H groups in total. The summed E-state index contributed by atoms with van der Waals surface area (Å²) >= 11 is 0. The topological polar surface area (TPSA) is 63.2 Å². The number of carbonyl (C=O) groups excluding carboxylic acids is 1. The van der Waals surface area contributed by atoms with Gasteiger partial charge in [-0.2, -0.15) is 101 Å². The second-order valence-electron chi connectivity index (χ2n) is 14.3. The van der Waals surface area contributed by atoms with Gasteiger partial charge in [0.25, 0.3) is 0 Å². The van der Waals surface area contributed by atoms with Crippen LogP contribution in [0.1, 0.15) is 49.4 Å². The van der Waals surface area contributed by atoms with Gasteiger partial charge in [0.1, 0.15) is 17.2 Å². The first-order chi connectivity index (χ1) is 29.3. The summed E-state index contributed by atoms with van der Waals surface area (Å²) in [5.74, 6) is -85.5. The Morgan fingerprint density at radius 2 is 0.892 bits per heavy atom. The van der Waals surface area contributed by atoms with Gasteiger partial charge < -0.3 is 23.7 Å². The van der Waals surface area contributed by atoms with E-state index in [1.54, 1.807) is 0 Å². The van der Waals surface area contributed by atoms with Crippen LogP contribution in [-0.2, 0) is 9.47 Å². The quantitative estimate of drug-likeness (QED) is 0.0452. The van der Waals surface area contributed by atoms with E-state index in [2.05, 4.69) is 11.7 Å². The molecule has 6 nitrogen and oxygen atoms in total. The molecule has 0 aliphatic carbocycles. The number of alkyl halides is 23. The van der Waals surface area contributed by atoms with Gasteiger partial charge in [-0.05, 0) is 74.2 Å². The predicted octanol–water partition coefficient (Wildman–Crippen LogP) is 12.5. The largest absolute Gasteiger partial charge is 0.494 e.